The van der Waals surface area contributed by atoms with Crippen LogP contribution >= 0.6 is 11.6 Å². The molecule has 1 unspecified atom stereocenters. The summed E-state index contributed by atoms with van der Waals surface area (Å²) in [6.07, 6.45) is 0.0346. The van der Waals surface area contributed by atoms with Gasteiger partial charge in [-0.3, -0.25) is 14.5 Å². The summed E-state index contributed by atoms with van der Waals surface area (Å²) < 4.78 is 5.90. The van der Waals surface area contributed by atoms with E-state index >= 15 is 0 Å². The van der Waals surface area contributed by atoms with Gasteiger partial charge in [0.15, 0.2) is 5.65 Å². The first-order valence-corrected chi connectivity index (χ1v) is 11.9. The minimum absolute atomic E-state index is 0.0689. The summed E-state index contributed by atoms with van der Waals surface area (Å²) in [6.45, 7) is 5.21. The molecule has 1 atom stereocenters. The minimum atomic E-state index is -0.990. The molecule has 4 heterocycles. The number of hydrogen-bond acceptors (Lipinski definition) is 6. The molecule has 10 heteroatoms. The van der Waals surface area contributed by atoms with Crippen LogP contribution < -0.4 is 4.90 Å². The smallest absolute Gasteiger partial charge is 0.412 e. The molecule has 0 bridgehead atoms. The Labute approximate surface area is 212 Å². The lowest BCUT2D eigenvalue weighted by molar-refractivity contribution is -0.127. The van der Waals surface area contributed by atoms with E-state index < -0.39 is 12.3 Å². The van der Waals surface area contributed by atoms with Crippen molar-refractivity contribution in [1.82, 2.24) is 19.8 Å². The lowest BCUT2D eigenvalue weighted by Gasteiger charge is -2.35. The predicted molar refractivity (Wildman–Crippen MR) is 135 cm³/mol. The van der Waals surface area contributed by atoms with Crippen LogP contribution in [0.15, 0.2) is 60.2 Å². The van der Waals surface area contributed by atoms with Crippen molar-refractivity contribution < 1.29 is 19.1 Å². The fourth-order valence-electron chi connectivity index (χ4n) is 4.34. The summed E-state index contributed by atoms with van der Waals surface area (Å²) in [5.41, 5.74) is 2.32. The van der Waals surface area contributed by atoms with Gasteiger partial charge in [0.25, 0.3) is 5.91 Å². The van der Waals surface area contributed by atoms with Gasteiger partial charge >= 0.3 is 6.09 Å². The zero-order chi connectivity index (χ0) is 25.4. The second-order valence-electron chi connectivity index (χ2n) is 8.88. The molecule has 5 rings (SSSR count). The number of anilines is 1. The molecule has 1 aromatic carbocycles. The second-order valence-corrected chi connectivity index (χ2v) is 9.27. The second kappa shape index (κ2) is 9.58. The summed E-state index contributed by atoms with van der Waals surface area (Å²) in [7, 11) is 0. The van der Waals surface area contributed by atoms with Gasteiger partial charge in [0.2, 0.25) is 12.1 Å². The topological polar surface area (TPSA) is 95.9 Å². The van der Waals surface area contributed by atoms with Gasteiger partial charge in [-0.15, -0.1) is 0 Å². The summed E-state index contributed by atoms with van der Waals surface area (Å²) in [4.78, 5) is 52.2. The molecule has 2 aromatic heterocycles. The van der Waals surface area contributed by atoms with Gasteiger partial charge in [0.1, 0.15) is 11.0 Å². The van der Waals surface area contributed by atoms with Gasteiger partial charge in [0.05, 0.1) is 0 Å². The van der Waals surface area contributed by atoms with Crippen LogP contribution in [-0.2, 0) is 9.53 Å². The number of halogens is 1. The molecule has 3 aromatic rings. The Balaban J connectivity index is 1.39. The number of carbonyl (C=O) groups excluding carboxylic acids is 3. The number of piperazine rings is 1. The number of fused-ring (bicyclic) bond motifs is 2. The Kier molecular flexibility index (Phi) is 6.32. The first-order valence-electron chi connectivity index (χ1n) is 11.6. The zero-order valence-electron chi connectivity index (χ0n) is 19.8. The first kappa shape index (κ1) is 23.7. The van der Waals surface area contributed by atoms with Crippen LogP contribution in [0.2, 0.25) is 5.15 Å². The van der Waals surface area contributed by atoms with E-state index in [-0.39, 0.29) is 17.0 Å². The summed E-state index contributed by atoms with van der Waals surface area (Å²) >= 11 is 6.04. The fraction of sp³-hybridized carbons (Fsp3) is 0.269. The number of aromatic nitrogens is 2. The zero-order valence-corrected chi connectivity index (χ0v) is 20.6. The molecule has 0 N–H and O–H groups in total. The van der Waals surface area contributed by atoms with Gasteiger partial charge in [0, 0.05) is 48.8 Å². The molecule has 1 saturated heterocycles. The highest BCUT2D eigenvalue weighted by atomic mass is 35.5. The maximum atomic E-state index is 13.4. The molecule has 36 heavy (non-hydrogen) atoms. The normalized spacial score (nSPS) is 17.2. The van der Waals surface area contributed by atoms with Crippen molar-refractivity contribution >= 4 is 46.4 Å². The summed E-state index contributed by atoms with van der Waals surface area (Å²) in [5, 5.41) is 1.05. The number of amides is 3. The molecule has 9 nitrogen and oxygen atoms in total. The van der Waals surface area contributed by atoms with E-state index in [0.717, 1.165) is 11.0 Å². The monoisotopic (exact) mass is 505 g/mol. The van der Waals surface area contributed by atoms with Crippen molar-refractivity contribution in [3.8, 4) is 0 Å². The number of allylic oxidation sites excluding steroid dienone is 1. The average molecular weight is 506 g/mol. The molecule has 2 aliphatic rings. The number of carbonyl (C=O) groups is 3. The molecule has 0 spiro atoms. The Morgan fingerprint density at radius 1 is 0.972 bits per heavy atom. The first-order chi connectivity index (χ1) is 17.3. The van der Waals surface area contributed by atoms with Crippen LogP contribution in [0.3, 0.4) is 0 Å². The van der Waals surface area contributed by atoms with Crippen molar-refractivity contribution in [1.29, 1.82) is 0 Å². The number of nitrogens with zero attached hydrogens (tertiary/aromatic N) is 5. The highest BCUT2D eigenvalue weighted by Crippen LogP contribution is 2.38. The van der Waals surface area contributed by atoms with Crippen molar-refractivity contribution in [3.05, 3.63) is 76.5 Å². The van der Waals surface area contributed by atoms with Crippen molar-refractivity contribution in [3.63, 3.8) is 0 Å². The predicted octanol–water partition coefficient (Wildman–Crippen LogP) is 4.19. The highest BCUT2D eigenvalue weighted by Gasteiger charge is 2.42. The molecule has 0 radical (unpaired) electrons. The molecule has 2 aliphatic heterocycles. The van der Waals surface area contributed by atoms with Crippen LogP contribution in [-0.4, -0.2) is 63.9 Å². The summed E-state index contributed by atoms with van der Waals surface area (Å²) in [5.74, 6) is -0.0941. The molecular formula is C26H24ClN5O4. The number of hydrogen-bond donors (Lipinski definition) is 0. The summed E-state index contributed by atoms with van der Waals surface area (Å²) in [6, 6.07) is 14.0. The van der Waals surface area contributed by atoms with Gasteiger partial charge < -0.3 is 14.5 Å². The van der Waals surface area contributed by atoms with Crippen LogP contribution in [0.5, 0.6) is 0 Å². The van der Waals surface area contributed by atoms with E-state index in [9.17, 15) is 14.4 Å². The Hall–Kier alpha value is -3.98. The maximum absolute atomic E-state index is 13.4. The van der Waals surface area contributed by atoms with Crippen LogP contribution in [0.4, 0.5) is 10.6 Å². The average Bonchev–Trinajstić information content (AvgIpc) is 3.14. The van der Waals surface area contributed by atoms with Crippen molar-refractivity contribution in [2.45, 2.75) is 20.1 Å². The van der Waals surface area contributed by atoms with Crippen molar-refractivity contribution in [2.75, 3.05) is 31.1 Å². The largest absolute Gasteiger partial charge is 0.420 e. The Morgan fingerprint density at radius 2 is 1.67 bits per heavy atom. The SMILES string of the molecule is CC(C)=CC(=O)N1CCN(C(=O)OC2c3ccccc3C(=O)N2c2ccc3ccc(Cl)nc3n2)CC1. The number of rotatable bonds is 3. The van der Waals surface area contributed by atoms with Crippen molar-refractivity contribution in [2.24, 2.45) is 0 Å². The third-order valence-electron chi connectivity index (χ3n) is 6.14. The lowest BCUT2D eigenvalue weighted by Crippen LogP contribution is -2.51. The number of pyridine rings is 2. The molecule has 0 aliphatic carbocycles. The van der Waals surface area contributed by atoms with Gasteiger partial charge in [-0.25, -0.2) is 14.8 Å². The van der Waals surface area contributed by atoms with E-state index in [0.29, 0.717) is 48.8 Å². The number of benzene rings is 1. The van der Waals surface area contributed by atoms with E-state index in [4.69, 9.17) is 16.3 Å². The third-order valence-corrected chi connectivity index (χ3v) is 6.35. The van der Waals surface area contributed by atoms with Gasteiger partial charge in [-0.1, -0.05) is 35.4 Å². The maximum Gasteiger partial charge on any atom is 0.412 e. The van der Waals surface area contributed by atoms with Crippen LogP contribution in [0, 0.1) is 0 Å². The van der Waals surface area contributed by atoms with Crippen LogP contribution in [0.25, 0.3) is 11.0 Å². The molecular weight excluding hydrogens is 482 g/mol. The molecule has 0 saturated carbocycles. The van der Waals surface area contributed by atoms with E-state index in [2.05, 4.69) is 9.97 Å². The van der Waals surface area contributed by atoms with E-state index in [1.807, 2.05) is 13.8 Å². The van der Waals surface area contributed by atoms with Gasteiger partial charge in [-0.05, 0) is 44.2 Å². The minimum Gasteiger partial charge on any atom is -0.420 e. The highest BCUT2D eigenvalue weighted by molar-refractivity contribution is 6.29. The Bertz CT molecular complexity index is 1400. The third kappa shape index (κ3) is 4.49. The molecule has 184 valence electrons. The standard InChI is InChI=1S/C26H24ClN5O4/c1-16(2)15-22(33)30-11-13-31(14-12-30)26(35)36-25-19-6-4-3-5-18(19)24(34)32(25)21-10-8-17-7-9-20(27)28-23(17)29-21/h3-10,15,25H,11-14H2,1-2H3. The quantitative estimate of drug-likeness (QED) is 0.391. The Morgan fingerprint density at radius 3 is 2.42 bits per heavy atom. The fourth-order valence-corrected chi connectivity index (χ4v) is 4.48. The van der Waals surface area contributed by atoms with E-state index in [1.165, 1.54) is 4.90 Å². The van der Waals surface area contributed by atoms with Crippen LogP contribution in [0.1, 0.15) is 36.0 Å². The molecule has 1 fully saturated rings. The number of ether oxygens (including phenoxy) is 1. The molecule has 3 amide bonds. The van der Waals surface area contributed by atoms with E-state index in [1.54, 1.807) is 64.4 Å². The lowest BCUT2D eigenvalue weighted by atomic mass is 10.1. The van der Waals surface area contributed by atoms with Gasteiger partial charge in [-0.2, -0.15) is 0 Å².